The molecule has 0 spiro atoms. The Morgan fingerprint density at radius 1 is 1.50 bits per heavy atom. The third-order valence-electron chi connectivity index (χ3n) is 2.11. The quantitative estimate of drug-likeness (QED) is 0.885. The van der Waals surface area contributed by atoms with Crippen LogP contribution in [0, 0.1) is 5.82 Å². The lowest BCUT2D eigenvalue weighted by Gasteiger charge is -2.19. The molecular formula is C11H14ClFN2O. The summed E-state index contributed by atoms with van der Waals surface area (Å²) < 4.78 is 13.3. The predicted octanol–water partition coefficient (Wildman–Crippen LogP) is 2.37. The van der Waals surface area contributed by atoms with Gasteiger partial charge >= 0.3 is 0 Å². The van der Waals surface area contributed by atoms with E-state index in [2.05, 4.69) is 5.32 Å². The van der Waals surface area contributed by atoms with Crippen molar-refractivity contribution in [2.75, 3.05) is 19.4 Å². The summed E-state index contributed by atoms with van der Waals surface area (Å²) in [6, 6.07) is 3.68. The summed E-state index contributed by atoms with van der Waals surface area (Å²) in [5.74, 6) is -0.554. The molecule has 0 radical (unpaired) electrons. The zero-order valence-electron chi connectivity index (χ0n) is 9.42. The number of likely N-dealkylation sites (N-methyl/N-ethyl adjacent to an activating group) is 1. The van der Waals surface area contributed by atoms with Crippen LogP contribution in [0.1, 0.15) is 6.92 Å². The molecule has 0 bridgehead atoms. The van der Waals surface area contributed by atoms with Crippen molar-refractivity contribution in [3.8, 4) is 0 Å². The van der Waals surface area contributed by atoms with Gasteiger partial charge in [-0.05, 0) is 25.1 Å². The second-order valence-corrected chi connectivity index (χ2v) is 4.16. The van der Waals surface area contributed by atoms with Crippen LogP contribution in [0.15, 0.2) is 18.2 Å². The first kappa shape index (κ1) is 12.8. The zero-order valence-corrected chi connectivity index (χ0v) is 10.2. The van der Waals surface area contributed by atoms with Crippen molar-refractivity contribution in [1.82, 2.24) is 4.90 Å². The van der Waals surface area contributed by atoms with Gasteiger partial charge in [0.15, 0.2) is 0 Å². The Labute approximate surface area is 99.2 Å². The van der Waals surface area contributed by atoms with Gasteiger partial charge in [-0.15, -0.1) is 0 Å². The normalized spacial score (nSPS) is 12.1. The van der Waals surface area contributed by atoms with E-state index in [-0.39, 0.29) is 11.6 Å². The molecule has 1 atom stereocenters. The Kier molecular flexibility index (Phi) is 4.12. The second kappa shape index (κ2) is 5.16. The SMILES string of the molecule is CC(Nc1cc(Cl)ccc1F)C(=O)N(C)C. The molecule has 1 rings (SSSR count). The first-order valence-corrected chi connectivity index (χ1v) is 5.22. The molecule has 0 fully saturated rings. The van der Waals surface area contributed by atoms with Crippen molar-refractivity contribution in [1.29, 1.82) is 0 Å². The average molecular weight is 245 g/mol. The number of nitrogens with zero attached hydrogens (tertiary/aromatic N) is 1. The molecule has 88 valence electrons. The van der Waals surface area contributed by atoms with Crippen LogP contribution in [0.2, 0.25) is 5.02 Å². The van der Waals surface area contributed by atoms with Crippen molar-refractivity contribution in [3.63, 3.8) is 0 Å². The van der Waals surface area contributed by atoms with Gasteiger partial charge < -0.3 is 10.2 Å². The number of hydrogen-bond donors (Lipinski definition) is 1. The molecule has 3 nitrogen and oxygen atoms in total. The monoisotopic (exact) mass is 244 g/mol. The van der Waals surface area contributed by atoms with Crippen LogP contribution in [-0.4, -0.2) is 30.9 Å². The van der Waals surface area contributed by atoms with Crippen molar-refractivity contribution in [2.45, 2.75) is 13.0 Å². The van der Waals surface area contributed by atoms with Crippen LogP contribution in [0.3, 0.4) is 0 Å². The van der Waals surface area contributed by atoms with Gasteiger partial charge in [0.1, 0.15) is 11.9 Å². The van der Waals surface area contributed by atoms with E-state index in [4.69, 9.17) is 11.6 Å². The maximum Gasteiger partial charge on any atom is 0.244 e. The lowest BCUT2D eigenvalue weighted by atomic mass is 10.2. The third kappa shape index (κ3) is 3.10. The fraction of sp³-hybridized carbons (Fsp3) is 0.364. The van der Waals surface area contributed by atoms with Gasteiger partial charge in [0.2, 0.25) is 5.91 Å². The third-order valence-corrected chi connectivity index (χ3v) is 2.35. The highest BCUT2D eigenvalue weighted by atomic mass is 35.5. The Hall–Kier alpha value is -1.29. The molecule has 1 N–H and O–H groups in total. The number of nitrogens with one attached hydrogen (secondary N) is 1. The molecule has 0 heterocycles. The zero-order chi connectivity index (χ0) is 12.3. The minimum atomic E-state index is -0.497. The van der Waals surface area contributed by atoms with Crippen LogP contribution in [-0.2, 0) is 4.79 Å². The molecule has 0 saturated heterocycles. The number of carbonyl (C=O) groups excluding carboxylic acids is 1. The topological polar surface area (TPSA) is 32.3 Å². The molecule has 16 heavy (non-hydrogen) atoms. The molecule has 1 amide bonds. The van der Waals surface area contributed by atoms with E-state index in [9.17, 15) is 9.18 Å². The van der Waals surface area contributed by atoms with E-state index < -0.39 is 11.9 Å². The molecule has 0 aromatic heterocycles. The van der Waals surface area contributed by atoms with Crippen LogP contribution in [0.25, 0.3) is 0 Å². The predicted molar refractivity (Wildman–Crippen MR) is 63.2 cm³/mol. The number of carbonyl (C=O) groups is 1. The smallest absolute Gasteiger partial charge is 0.244 e. The number of anilines is 1. The molecular weight excluding hydrogens is 231 g/mol. The molecule has 1 aromatic rings. The van der Waals surface area contributed by atoms with E-state index >= 15 is 0 Å². The first-order chi connectivity index (χ1) is 7.41. The van der Waals surface area contributed by atoms with Crippen LogP contribution in [0.5, 0.6) is 0 Å². The van der Waals surface area contributed by atoms with Gasteiger partial charge in [-0.1, -0.05) is 11.6 Å². The van der Waals surface area contributed by atoms with E-state index in [1.807, 2.05) is 0 Å². The number of benzene rings is 1. The summed E-state index contributed by atoms with van der Waals surface area (Å²) in [4.78, 5) is 13.0. The highest BCUT2D eigenvalue weighted by Crippen LogP contribution is 2.20. The van der Waals surface area contributed by atoms with Gasteiger partial charge in [0, 0.05) is 19.1 Å². The standard InChI is InChI=1S/C11H14ClFN2O/c1-7(11(16)15(2)3)14-10-6-8(12)4-5-9(10)13/h4-7,14H,1-3H3. The highest BCUT2D eigenvalue weighted by Gasteiger charge is 2.15. The molecule has 5 heteroatoms. The van der Waals surface area contributed by atoms with E-state index in [0.717, 1.165) is 0 Å². The summed E-state index contributed by atoms with van der Waals surface area (Å²) in [5, 5.41) is 3.21. The number of rotatable bonds is 3. The fourth-order valence-corrected chi connectivity index (χ4v) is 1.46. The van der Waals surface area contributed by atoms with Gasteiger partial charge in [-0.3, -0.25) is 4.79 Å². The number of hydrogen-bond acceptors (Lipinski definition) is 2. The van der Waals surface area contributed by atoms with Gasteiger partial charge in [-0.25, -0.2) is 4.39 Å². The largest absolute Gasteiger partial charge is 0.371 e. The molecule has 1 unspecified atom stereocenters. The Bertz CT molecular complexity index is 396. The summed E-state index contributed by atoms with van der Waals surface area (Å²) in [7, 11) is 3.30. The van der Waals surface area contributed by atoms with E-state index in [1.54, 1.807) is 21.0 Å². The summed E-state index contributed by atoms with van der Waals surface area (Å²) in [6.45, 7) is 1.67. The van der Waals surface area contributed by atoms with Crippen LogP contribution >= 0.6 is 11.6 Å². The van der Waals surface area contributed by atoms with E-state index in [0.29, 0.717) is 5.02 Å². The van der Waals surface area contributed by atoms with Crippen molar-refractivity contribution in [2.24, 2.45) is 0 Å². The van der Waals surface area contributed by atoms with Crippen molar-refractivity contribution in [3.05, 3.63) is 29.0 Å². The molecule has 1 aromatic carbocycles. The summed E-state index contributed by atoms with van der Waals surface area (Å²) in [6.07, 6.45) is 0. The van der Waals surface area contributed by atoms with Gasteiger partial charge in [-0.2, -0.15) is 0 Å². The maximum atomic E-state index is 13.3. The minimum absolute atomic E-state index is 0.126. The lowest BCUT2D eigenvalue weighted by molar-refractivity contribution is -0.129. The average Bonchev–Trinajstić information content (AvgIpc) is 2.22. The second-order valence-electron chi connectivity index (χ2n) is 3.72. The highest BCUT2D eigenvalue weighted by molar-refractivity contribution is 6.30. The molecule has 0 aliphatic heterocycles. The lowest BCUT2D eigenvalue weighted by Crippen LogP contribution is -2.36. The summed E-state index contributed by atoms with van der Waals surface area (Å²) >= 11 is 5.74. The Morgan fingerprint density at radius 3 is 2.69 bits per heavy atom. The van der Waals surface area contributed by atoms with Crippen molar-refractivity contribution >= 4 is 23.2 Å². The Morgan fingerprint density at radius 2 is 2.12 bits per heavy atom. The van der Waals surface area contributed by atoms with Gasteiger partial charge in [0.05, 0.1) is 5.69 Å². The van der Waals surface area contributed by atoms with Crippen LogP contribution < -0.4 is 5.32 Å². The fourth-order valence-electron chi connectivity index (χ4n) is 1.29. The maximum absolute atomic E-state index is 13.3. The minimum Gasteiger partial charge on any atom is -0.371 e. The first-order valence-electron chi connectivity index (χ1n) is 4.84. The molecule has 0 saturated carbocycles. The Balaban J connectivity index is 2.80. The number of halogens is 2. The van der Waals surface area contributed by atoms with E-state index in [1.165, 1.54) is 23.1 Å². The van der Waals surface area contributed by atoms with Crippen LogP contribution in [0.4, 0.5) is 10.1 Å². The molecule has 0 aliphatic rings. The molecule has 0 aliphatic carbocycles. The number of amides is 1. The van der Waals surface area contributed by atoms with Gasteiger partial charge in [0.25, 0.3) is 0 Å². The van der Waals surface area contributed by atoms with Crippen molar-refractivity contribution < 1.29 is 9.18 Å². The summed E-state index contributed by atoms with van der Waals surface area (Å²) in [5.41, 5.74) is 0.232.